The highest BCUT2D eigenvalue weighted by molar-refractivity contribution is 5.33. The van der Waals surface area contributed by atoms with Crippen molar-refractivity contribution in [3.8, 4) is 5.75 Å². The average Bonchev–Trinajstić information content (AvgIpc) is 2.91. The standard InChI is InChI=1S/C17H24O4/c1-13(2)21-15-5-3-4-14(12-15)16(18)6-8-17(9-7-16)19-10-11-20-17/h3-5,12-13,18H,6-11H2,1-2H3. The SMILES string of the molecule is CC(C)Oc1cccc(C2(O)CCC3(CC2)OCCO3)c1. The zero-order valence-electron chi connectivity index (χ0n) is 12.8. The number of hydrogen-bond donors (Lipinski definition) is 1. The molecule has 1 saturated carbocycles. The summed E-state index contributed by atoms with van der Waals surface area (Å²) in [4.78, 5) is 0. The maximum absolute atomic E-state index is 11.0. The van der Waals surface area contributed by atoms with Crippen molar-refractivity contribution < 1.29 is 19.3 Å². The van der Waals surface area contributed by atoms with E-state index in [0.717, 1.165) is 24.2 Å². The molecule has 3 rings (SSSR count). The van der Waals surface area contributed by atoms with Gasteiger partial charge in [0.15, 0.2) is 5.79 Å². The van der Waals surface area contributed by atoms with Gasteiger partial charge in [-0.2, -0.15) is 0 Å². The summed E-state index contributed by atoms with van der Waals surface area (Å²) in [6.07, 6.45) is 2.90. The van der Waals surface area contributed by atoms with E-state index >= 15 is 0 Å². The molecular formula is C17H24O4. The Balaban J connectivity index is 1.74. The van der Waals surface area contributed by atoms with Gasteiger partial charge in [-0.25, -0.2) is 0 Å². The predicted octanol–water partition coefficient (Wildman–Crippen LogP) is 2.98. The lowest BCUT2D eigenvalue weighted by atomic mass is 9.77. The number of benzene rings is 1. The van der Waals surface area contributed by atoms with Gasteiger partial charge in [-0.3, -0.25) is 0 Å². The van der Waals surface area contributed by atoms with Crippen molar-refractivity contribution in [2.45, 2.75) is 57.0 Å². The number of aliphatic hydroxyl groups is 1. The summed E-state index contributed by atoms with van der Waals surface area (Å²) in [5.74, 6) is 0.364. The van der Waals surface area contributed by atoms with Crippen LogP contribution in [0.5, 0.6) is 5.75 Å². The van der Waals surface area contributed by atoms with E-state index in [4.69, 9.17) is 14.2 Å². The van der Waals surface area contributed by atoms with Crippen molar-refractivity contribution in [3.63, 3.8) is 0 Å². The van der Waals surface area contributed by atoms with Crippen molar-refractivity contribution in [1.82, 2.24) is 0 Å². The van der Waals surface area contributed by atoms with Crippen LogP contribution in [0.3, 0.4) is 0 Å². The Hall–Kier alpha value is -1.10. The van der Waals surface area contributed by atoms with Gasteiger partial charge in [0, 0.05) is 12.8 Å². The van der Waals surface area contributed by atoms with Crippen LogP contribution >= 0.6 is 0 Å². The van der Waals surface area contributed by atoms with E-state index < -0.39 is 11.4 Å². The first-order valence-corrected chi connectivity index (χ1v) is 7.79. The van der Waals surface area contributed by atoms with Crippen LogP contribution in [0.2, 0.25) is 0 Å². The molecule has 1 spiro atoms. The molecule has 4 heteroatoms. The van der Waals surface area contributed by atoms with Crippen LogP contribution in [0.4, 0.5) is 0 Å². The molecule has 2 aliphatic rings. The van der Waals surface area contributed by atoms with E-state index in [9.17, 15) is 5.11 Å². The summed E-state index contributed by atoms with van der Waals surface area (Å²) in [5, 5.41) is 11.0. The third-order valence-corrected chi connectivity index (χ3v) is 4.40. The maximum atomic E-state index is 11.0. The minimum absolute atomic E-state index is 0.129. The van der Waals surface area contributed by atoms with Gasteiger partial charge >= 0.3 is 0 Å². The molecule has 2 fully saturated rings. The van der Waals surface area contributed by atoms with Crippen LogP contribution in [-0.2, 0) is 15.1 Å². The molecule has 1 aromatic carbocycles. The third-order valence-electron chi connectivity index (χ3n) is 4.40. The first kappa shape index (κ1) is 14.8. The van der Waals surface area contributed by atoms with Crippen LogP contribution < -0.4 is 4.74 Å². The van der Waals surface area contributed by atoms with Gasteiger partial charge in [0.25, 0.3) is 0 Å². The molecule has 4 nitrogen and oxygen atoms in total. The predicted molar refractivity (Wildman–Crippen MR) is 79.2 cm³/mol. The zero-order valence-corrected chi connectivity index (χ0v) is 12.8. The van der Waals surface area contributed by atoms with Gasteiger partial charge in [-0.1, -0.05) is 12.1 Å². The lowest BCUT2D eigenvalue weighted by molar-refractivity contribution is -0.204. The van der Waals surface area contributed by atoms with Gasteiger partial charge in [0.05, 0.1) is 24.9 Å². The van der Waals surface area contributed by atoms with E-state index in [1.54, 1.807) is 0 Å². The molecule has 1 N–H and O–H groups in total. The van der Waals surface area contributed by atoms with Crippen LogP contribution in [-0.4, -0.2) is 30.2 Å². The molecular weight excluding hydrogens is 268 g/mol. The second kappa shape index (κ2) is 5.59. The van der Waals surface area contributed by atoms with Crippen molar-refractivity contribution in [3.05, 3.63) is 29.8 Å². The highest BCUT2D eigenvalue weighted by Crippen LogP contribution is 2.45. The normalized spacial score (nSPS) is 23.6. The molecule has 1 aliphatic heterocycles. The first-order chi connectivity index (χ1) is 10.0. The van der Waals surface area contributed by atoms with Crippen LogP contribution in [0.1, 0.15) is 45.1 Å². The summed E-state index contributed by atoms with van der Waals surface area (Å²) in [7, 11) is 0. The van der Waals surface area contributed by atoms with Crippen molar-refractivity contribution >= 4 is 0 Å². The molecule has 0 unspecified atom stereocenters. The minimum atomic E-state index is -0.809. The van der Waals surface area contributed by atoms with Crippen molar-refractivity contribution in [2.75, 3.05) is 13.2 Å². The number of ether oxygens (including phenoxy) is 3. The summed E-state index contributed by atoms with van der Waals surface area (Å²) in [6, 6.07) is 7.80. The third kappa shape index (κ3) is 3.07. The first-order valence-electron chi connectivity index (χ1n) is 7.79. The molecule has 0 aromatic heterocycles. The Morgan fingerprint density at radius 2 is 1.76 bits per heavy atom. The quantitative estimate of drug-likeness (QED) is 0.930. The molecule has 0 atom stereocenters. The minimum Gasteiger partial charge on any atom is -0.491 e. The lowest BCUT2D eigenvalue weighted by Crippen LogP contribution is -2.42. The van der Waals surface area contributed by atoms with Gasteiger partial charge in [-0.05, 0) is 44.4 Å². The second-order valence-electron chi connectivity index (χ2n) is 6.33. The van der Waals surface area contributed by atoms with Crippen LogP contribution in [0.15, 0.2) is 24.3 Å². The van der Waals surface area contributed by atoms with Gasteiger partial charge in [-0.15, -0.1) is 0 Å². The molecule has 1 heterocycles. The maximum Gasteiger partial charge on any atom is 0.168 e. The van der Waals surface area contributed by atoms with Crippen LogP contribution in [0, 0.1) is 0 Å². The Morgan fingerprint density at radius 3 is 2.38 bits per heavy atom. The monoisotopic (exact) mass is 292 g/mol. The fraction of sp³-hybridized carbons (Fsp3) is 0.647. The largest absolute Gasteiger partial charge is 0.491 e. The highest BCUT2D eigenvalue weighted by atomic mass is 16.7. The molecule has 1 saturated heterocycles. The summed E-state index contributed by atoms with van der Waals surface area (Å²) in [5.41, 5.74) is 0.116. The molecule has 1 aliphatic carbocycles. The number of hydrogen-bond acceptors (Lipinski definition) is 4. The van der Waals surface area contributed by atoms with E-state index in [2.05, 4.69) is 0 Å². The molecule has 0 amide bonds. The smallest absolute Gasteiger partial charge is 0.168 e. The van der Waals surface area contributed by atoms with E-state index in [1.807, 2.05) is 38.1 Å². The van der Waals surface area contributed by atoms with E-state index in [1.165, 1.54) is 0 Å². The Morgan fingerprint density at radius 1 is 1.10 bits per heavy atom. The Kier molecular flexibility index (Phi) is 3.95. The van der Waals surface area contributed by atoms with Crippen molar-refractivity contribution in [2.24, 2.45) is 0 Å². The highest BCUT2D eigenvalue weighted by Gasteiger charge is 2.46. The molecule has 1 aromatic rings. The second-order valence-corrected chi connectivity index (χ2v) is 6.33. The molecule has 21 heavy (non-hydrogen) atoms. The average molecular weight is 292 g/mol. The Bertz CT molecular complexity index is 481. The van der Waals surface area contributed by atoms with Gasteiger partial charge in [0.1, 0.15) is 5.75 Å². The van der Waals surface area contributed by atoms with Crippen molar-refractivity contribution in [1.29, 1.82) is 0 Å². The molecule has 116 valence electrons. The zero-order chi connectivity index (χ0) is 14.9. The molecule has 0 bridgehead atoms. The van der Waals surface area contributed by atoms with E-state index in [-0.39, 0.29) is 6.10 Å². The fourth-order valence-corrected chi connectivity index (χ4v) is 3.25. The van der Waals surface area contributed by atoms with Gasteiger partial charge in [0.2, 0.25) is 0 Å². The molecule has 0 radical (unpaired) electrons. The fourth-order valence-electron chi connectivity index (χ4n) is 3.25. The topological polar surface area (TPSA) is 47.9 Å². The summed E-state index contributed by atoms with van der Waals surface area (Å²) in [6.45, 7) is 5.33. The Labute approximate surface area is 126 Å². The lowest BCUT2D eigenvalue weighted by Gasteiger charge is -2.40. The van der Waals surface area contributed by atoms with Crippen LogP contribution in [0.25, 0.3) is 0 Å². The summed E-state index contributed by atoms with van der Waals surface area (Å²) >= 11 is 0. The van der Waals surface area contributed by atoms with Gasteiger partial charge < -0.3 is 19.3 Å². The number of rotatable bonds is 3. The summed E-state index contributed by atoms with van der Waals surface area (Å²) < 4.78 is 17.2. The van der Waals surface area contributed by atoms with E-state index in [0.29, 0.717) is 26.1 Å².